The van der Waals surface area contributed by atoms with Gasteiger partial charge in [0.2, 0.25) is 0 Å². The number of hydrogen-bond donors (Lipinski definition) is 1. The van der Waals surface area contributed by atoms with Gasteiger partial charge in [-0.05, 0) is 50.6 Å². The molecule has 0 spiro atoms. The highest BCUT2D eigenvalue weighted by Crippen LogP contribution is 2.49. The van der Waals surface area contributed by atoms with Crippen LogP contribution < -0.4 is 5.32 Å². The minimum absolute atomic E-state index is 0.308. The van der Waals surface area contributed by atoms with Gasteiger partial charge in [-0.15, -0.1) is 0 Å². The molecule has 2 aliphatic rings. The molecular weight excluding hydrogens is 206 g/mol. The van der Waals surface area contributed by atoms with E-state index in [2.05, 4.69) is 36.5 Å². The van der Waals surface area contributed by atoms with Crippen molar-refractivity contribution in [3.63, 3.8) is 0 Å². The molecular formula is C16H23N. The van der Waals surface area contributed by atoms with Gasteiger partial charge in [-0.3, -0.25) is 0 Å². The summed E-state index contributed by atoms with van der Waals surface area (Å²) in [5.41, 5.74) is 3.25. The molecule has 1 saturated carbocycles. The van der Waals surface area contributed by atoms with E-state index in [1.807, 2.05) is 0 Å². The van der Waals surface area contributed by atoms with Gasteiger partial charge in [0, 0.05) is 5.54 Å². The molecule has 1 heterocycles. The van der Waals surface area contributed by atoms with E-state index in [0.29, 0.717) is 5.54 Å². The second-order valence-corrected chi connectivity index (χ2v) is 5.85. The fraction of sp³-hybridized carbons (Fsp3) is 0.625. The number of hydrogen-bond acceptors (Lipinski definition) is 1. The minimum atomic E-state index is 0.308. The molecule has 17 heavy (non-hydrogen) atoms. The van der Waals surface area contributed by atoms with Crippen molar-refractivity contribution in [2.75, 3.05) is 6.54 Å². The van der Waals surface area contributed by atoms with Crippen LogP contribution in [0.15, 0.2) is 24.3 Å². The molecule has 0 bridgehead atoms. The Labute approximate surface area is 105 Å². The van der Waals surface area contributed by atoms with Crippen LogP contribution in [0, 0.1) is 12.8 Å². The molecule has 0 aromatic heterocycles. The van der Waals surface area contributed by atoms with Gasteiger partial charge in [-0.2, -0.15) is 0 Å². The van der Waals surface area contributed by atoms with Crippen molar-refractivity contribution < 1.29 is 0 Å². The van der Waals surface area contributed by atoms with Crippen molar-refractivity contribution in [2.24, 2.45) is 5.92 Å². The third-order valence-electron chi connectivity index (χ3n) is 4.50. The summed E-state index contributed by atoms with van der Waals surface area (Å²) in [4.78, 5) is 0. The van der Waals surface area contributed by atoms with E-state index >= 15 is 0 Å². The molecule has 3 rings (SSSR count). The summed E-state index contributed by atoms with van der Waals surface area (Å²) >= 11 is 0. The fourth-order valence-corrected chi connectivity index (χ4v) is 3.43. The monoisotopic (exact) mass is 229 g/mol. The van der Waals surface area contributed by atoms with E-state index in [4.69, 9.17) is 0 Å². The van der Waals surface area contributed by atoms with Crippen LogP contribution in [0.1, 0.15) is 49.7 Å². The average Bonchev–Trinajstić information content (AvgIpc) is 3.16. The first-order valence-electron chi connectivity index (χ1n) is 7.13. The Morgan fingerprint density at radius 2 is 2.06 bits per heavy atom. The first kappa shape index (κ1) is 11.3. The largest absolute Gasteiger partial charge is 0.307 e. The Balaban J connectivity index is 1.97. The van der Waals surface area contributed by atoms with Gasteiger partial charge in [-0.25, -0.2) is 0 Å². The Morgan fingerprint density at radius 3 is 2.82 bits per heavy atom. The predicted octanol–water partition coefficient (Wildman–Crippen LogP) is 3.76. The number of benzene rings is 1. The van der Waals surface area contributed by atoms with Crippen LogP contribution in [0.3, 0.4) is 0 Å². The predicted molar refractivity (Wildman–Crippen MR) is 72.1 cm³/mol. The lowest BCUT2D eigenvalue weighted by atomic mass is 9.80. The maximum Gasteiger partial charge on any atom is 0.0463 e. The van der Waals surface area contributed by atoms with Gasteiger partial charge >= 0.3 is 0 Å². The smallest absolute Gasteiger partial charge is 0.0463 e. The molecule has 1 nitrogen and oxygen atoms in total. The van der Waals surface area contributed by atoms with Crippen LogP contribution >= 0.6 is 0 Å². The highest BCUT2D eigenvalue weighted by atomic mass is 15.0. The molecule has 1 unspecified atom stereocenters. The van der Waals surface area contributed by atoms with Gasteiger partial charge in [0.1, 0.15) is 0 Å². The molecule has 1 heteroatoms. The third kappa shape index (κ3) is 2.13. The molecule has 1 aromatic carbocycles. The molecule has 1 saturated heterocycles. The molecule has 92 valence electrons. The molecule has 1 aliphatic carbocycles. The highest BCUT2D eigenvalue weighted by molar-refractivity contribution is 5.31. The SMILES string of the molecule is Cc1cccc(C2(C3CC3)CCCCCN2)c1. The second-order valence-electron chi connectivity index (χ2n) is 5.85. The van der Waals surface area contributed by atoms with E-state index in [1.54, 1.807) is 5.56 Å². The number of rotatable bonds is 2. The van der Waals surface area contributed by atoms with Gasteiger partial charge in [0.05, 0.1) is 0 Å². The molecule has 1 aromatic rings. The summed E-state index contributed by atoms with van der Waals surface area (Å²) in [5, 5.41) is 3.90. The summed E-state index contributed by atoms with van der Waals surface area (Å²) in [6.45, 7) is 3.41. The third-order valence-corrected chi connectivity index (χ3v) is 4.50. The summed E-state index contributed by atoms with van der Waals surface area (Å²) in [6, 6.07) is 9.17. The van der Waals surface area contributed by atoms with E-state index in [0.717, 1.165) is 5.92 Å². The van der Waals surface area contributed by atoms with Crippen molar-refractivity contribution >= 4 is 0 Å². The summed E-state index contributed by atoms with van der Waals surface area (Å²) in [5.74, 6) is 0.891. The topological polar surface area (TPSA) is 12.0 Å². The summed E-state index contributed by atoms with van der Waals surface area (Å²) in [6.07, 6.45) is 8.30. The standard InChI is InChI=1S/C16H23N/c1-13-6-5-7-15(12-13)16(14-8-9-14)10-3-2-4-11-17-16/h5-7,12,14,17H,2-4,8-11H2,1H3. The van der Waals surface area contributed by atoms with Crippen LogP contribution in [0.4, 0.5) is 0 Å². The van der Waals surface area contributed by atoms with Crippen molar-refractivity contribution in [2.45, 2.75) is 51.0 Å². The zero-order valence-corrected chi connectivity index (χ0v) is 10.8. The zero-order chi connectivity index (χ0) is 11.7. The number of nitrogens with one attached hydrogen (secondary N) is 1. The quantitative estimate of drug-likeness (QED) is 0.814. The Morgan fingerprint density at radius 1 is 1.18 bits per heavy atom. The lowest BCUT2D eigenvalue weighted by Crippen LogP contribution is -2.43. The molecule has 0 amide bonds. The van der Waals surface area contributed by atoms with Crippen molar-refractivity contribution in [3.05, 3.63) is 35.4 Å². The van der Waals surface area contributed by atoms with Crippen LogP contribution in [-0.4, -0.2) is 6.54 Å². The molecule has 0 radical (unpaired) electrons. The van der Waals surface area contributed by atoms with Crippen molar-refractivity contribution in [1.82, 2.24) is 5.32 Å². The van der Waals surface area contributed by atoms with Gasteiger partial charge < -0.3 is 5.32 Å². The van der Waals surface area contributed by atoms with Crippen LogP contribution in [0.2, 0.25) is 0 Å². The Bertz CT molecular complexity index is 384. The first-order chi connectivity index (χ1) is 8.31. The summed E-state index contributed by atoms with van der Waals surface area (Å²) < 4.78 is 0. The van der Waals surface area contributed by atoms with Crippen molar-refractivity contribution in [1.29, 1.82) is 0 Å². The summed E-state index contributed by atoms with van der Waals surface area (Å²) in [7, 11) is 0. The Hall–Kier alpha value is -0.820. The zero-order valence-electron chi connectivity index (χ0n) is 10.8. The lowest BCUT2D eigenvalue weighted by Gasteiger charge is -2.35. The van der Waals surface area contributed by atoms with Crippen LogP contribution in [0.25, 0.3) is 0 Å². The van der Waals surface area contributed by atoms with Gasteiger partial charge in [0.25, 0.3) is 0 Å². The van der Waals surface area contributed by atoms with Gasteiger partial charge in [-0.1, -0.05) is 42.7 Å². The maximum atomic E-state index is 3.90. The molecule has 1 N–H and O–H groups in total. The second kappa shape index (κ2) is 4.45. The van der Waals surface area contributed by atoms with Crippen LogP contribution in [0.5, 0.6) is 0 Å². The molecule has 2 fully saturated rings. The van der Waals surface area contributed by atoms with Gasteiger partial charge in [0.15, 0.2) is 0 Å². The maximum absolute atomic E-state index is 3.90. The average molecular weight is 229 g/mol. The van der Waals surface area contributed by atoms with E-state index in [1.165, 1.54) is 50.6 Å². The minimum Gasteiger partial charge on any atom is -0.307 e. The first-order valence-corrected chi connectivity index (χ1v) is 7.13. The van der Waals surface area contributed by atoms with E-state index < -0.39 is 0 Å². The lowest BCUT2D eigenvalue weighted by molar-refractivity contribution is 0.279. The number of aryl methyl sites for hydroxylation is 1. The van der Waals surface area contributed by atoms with E-state index in [-0.39, 0.29) is 0 Å². The molecule has 1 aliphatic heterocycles. The Kier molecular flexibility index (Phi) is 2.96. The van der Waals surface area contributed by atoms with Crippen LogP contribution in [-0.2, 0) is 5.54 Å². The fourth-order valence-electron chi connectivity index (χ4n) is 3.43. The highest BCUT2D eigenvalue weighted by Gasteiger charge is 2.45. The van der Waals surface area contributed by atoms with E-state index in [9.17, 15) is 0 Å². The molecule has 1 atom stereocenters. The van der Waals surface area contributed by atoms with Crippen molar-refractivity contribution in [3.8, 4) is 0 Å². The normalized spacial score (nSPS) is 29.9.